The van der Waals surface area contributed by atoms with Gasteiger partial charge in [-0.2, -0.15) is 0 Å². The first-order valence-electron chi connectivity index (χ1n) is 8.48. The minimum absolute atomic E-state index is 0.00948. The SMILES string of the molecule is CCOC(=O)C(C)(F)Cn1c2c(c3cc(C)ccc31)CN(C)CC2. The van der Waals surface area contributed by atoms with Gasteiger partial charge in [-0.3, -0.25) is 0 Å². The van der Waals surface area contributed by atoms with Gasteiger partial charge in [-0.05, 0) is 45.5 Å². The fraction of sp³-hybridized carbons (Fsp3) is 0.526. The highest BCUT2D eigenvalue weighted by Gasteiger charge is 2.37. The van der Waals surface area contributed by atoms with Crippen molar-refractivity contribution in [3.63, 3.8) is 0 Å². The summed E-state index contributed by atoms with van der Waals surface area (Å²) in [6.07, 6.45) is 0.860. The third kappa shape index (κ3) is 2.93. The van der Waals surface area contributed by atoms with E-state index in [0.717, 1.165) is 36.1 Å². The number of hydrogen-bond acceptors (Lipinski definition) is 3. The molecule has 0 saturated heterocycles. The Hall–Kier alpha value is -1.88. The van der Waals surface area contributed by atoms with Gasteiger partial charge in [0.2, 0.25) is 5.67 Å². The van der Waals surface area contributed by atoms with Crippen LogP contribution >= 0.6 is 0 Å². The lowest BCUT2D eigenvalue weighted by molar-refractivity contribution is -0.157. The predicted molar refractivity (Wildman–Crippen MR) is 92.9 cm³/mol. The van der Waals surface area contributed by atoms with E-state index in [4.69, 9.17) is 4.74 Å². The zero-order chi connectivity index (χ0) is 17.5. The van der Waals surface area contributed by atoms with Crippen LogP contribution in [0.4, 0.5) is 4.39 Å². The molecule has 2 heterocycles. The van der Waals surface area contributed by atoms with E-state index in [1.54, 1.807) is 6.92 Å². The number of esters is 1. The van der Waals surface area contributed by atoms with E-state index in [1.165, 1.54) is 18.1 Å². The first-order valence-corrected chi connectivity index (χ1v) is 8.48. The zero-order valence-corrected chi connectivity index (χ0v) is 14.9. The van der Waals surface area contributed by atoms with Gasteiger partial charge >= 0.3 is 5.97 Å². The maximum atomic E-state index is 15.0. The normalized spacial score (nSPS) is 17.5. The molecular formula is C19H25FN2O2. The molecule has 0 bridgehead atoms. The number of alkyl halides is 1. The highest BCUT2D eigenvalue weighted by molar-refractivity contribution is 5.87. The summed E-state index contributed by atoms with van der Waals surface area (Å²) in [5.41, 5.74) is 2.53. The molecule has 1 aliphatic heterocycles. The average molecular weight is 332 g/mol. The van der Waals surface area contributed by atoms with Crippen molar-refractivity contribution in [1.82, 2.24) is 9.47 Å². The van der Waals surface area contributed by atoms with Crippen LogP contribution in [0, 0.1) is 6.92 Å². The molecular weight excluding hydrogens is 307 g/mol. The first-order chi connectivity index (χ1) is 11.3. The number of aryl methyl sites for hydroxylation is 1. The fourth-order valence-corrected chi connectivity index (χ4v) is 3.52. The van der Waals surface area contributed by atoms with Gasteiger partial charge in [-0.25, -0.2) is 9.18 Å². The molecule has 1 atom stereocenters. The number of aromatic nitrogens is 1. The van der Waals surface area contributed by atoms with E-state index >= 15 is 0 Å². The summed E-state index contributed by atoms with van der Waals surface area (Å²) in [4.78, 5) is 14.3. The average Bonchev–Trinajstić information content (AvgIpc) is 2.80. The molecule has 0 radical (unpaired) electrons. The van der Waals surface area contributed by atoms with Gasteiger partial charge in [0.15, 0.2) is 0 Å². The second-order valence-electron chi connectivity index (χ2n) is 6.94. The van der Waals surface area contributed by atoms with E-state index in [1.807, 2.05) is 16.7 Å². The van der Waals surface area contributed by atoms with Crippen molar-refractivity contribution in [1.29, 1.82) is 0 Å². The zero-order valence-electron chi connectivity index (χ0n) is 14.9. The summed E-state index contributed by atoms with van der Waals surface area (Å²) >= 11 is 0. The summed E-state index contributed by atoms with van der Waals surface area (Å²) in [6, 6.07) is 6.22. The van der Waals surface area contributed by atoms with Gasteiger partial charge in [-0.15, -0.1) is 0 Å². The minimum atomic E-state index is -2.04. The molecule has 5 heteroatoms. The molecule has 1 aliphatic rings. The molecule has 0 amide bonds. The minimum Gasteiger partial charge on any atom is -0.464 e. The molecule has 0 saturated carbocycles. The number of ether oxygens (including phenoxy) is 1. The van der Waals surface area contributed by atoms with Gasteiger partial charge in [0.1, 0.15) is 0 Å². The number of hydrogen-bond donors (Lipinski definition) is 0. The standard InChI is InChI=1S/C19H25FN2O2/c1-5-24-18(23)19(3,20)12-22-16-7-6-13(2)10-14(16)15-11-21(4)9-8-17(15)22/h6-7,10H,5,8-9,11-12H2,1-4H3. The van der Waals surface area contributed by atoms with Crippen molar-refractivity contribution in [2.75, 3.05) is 20.2 Å². The van der Waals surface area contributed by atoms with Crippen LogP contribution in [0.15, 0.2) is 18.2 Å². The third-order valence-electron chi connectivity index (χ3n) is 4.76. The van der Waals surface area contributed by atoms with Gasteiger partial charge in [0.25, 0.3) is 0 Å². The molecule has 130 valence electrons. The number of nitrogens with zero attached hydrogens (tertiary/aromatic N) is 2. The topological polar surface area (TPSA) is 34.5 Å². The number of fused-ring (bicyclic) bond motifs is 3. The lowest BCUT2D eigenvalue weighted by Gasteiger charge is -2.26. The molecule has 4 nitrogen and oxygen atoms in total. The van der Waals surface area contributed by atoms with Crippen molar-refractivity contribution in [3.05, 3.63) is 35.0 Å². The maximum Gasteiger partial charge on any atom is 0.345 e. The van der Waals surface area contributed by atoms with E-state index in [2.05, 4.69) is 24.9 Å². The summed E-state index contributed by atoms with van der Waals surface area (Å²) < 4.78 is 21.9. The largest absolute Gasteiger partial charge is 0.464 e. The number of carbonyl (C=O) groups excluding carboxylic acids is 1. The lowest BCUT2D eigenvalue weighted by Crippen LogP contribution is -2.38. The number of halogens is 1. The monoisotopic (exact) mass is 332 g/mol. The van der Waals surface area contributed by atoms with E-state index in [0.29, 0.717) is 0 Å². The fourth-order valence-electron chi connectivity index (χ4n) is 3.52. The molecule has 3 rings (SSSR count). The second kappa shape index (κ2) is 6.20. The highest BCUT2D eigenvalue weighted by atomic mass is 19.1. The summed E-state index contributed by atoms with van der Waals surface area (Å²) in [5.74, 6) is -0.791. The van der Waals surface area contributed by atoms with Crippen LogP contribution in [0.25, 0.3) is 10.9 Å². The Kier molecular flexibility index (Phi) is 4.38. The second-order valence-corrected chi connectivity index (χ2v) is 6.94. The lowest BCUT2D eigenvalue weighted by atomic mass is 10.0. The molecule has 24 heavy (non-hydrogen) atoms. The Morgan fingerprint density at radius 1 is 1.42 bits per heavy atom. The highest BCUT2D eigenvalue weighted by Crippen LogP contribution is 2.33. The van der Waals surface area contributed by atoms with Gasteiger partial charge < -0.3 is 14.2 Å². The van der Waals surface area contributed by atoms with Crippen LogP contribution in [0.3, 0.4) is 0 Å². The quantitative estimate of drug-likeness (QED) is 0.806. The van der Waals surface area contributed by atoms with E-state index in [-0.39, 0.29) is 13.2 Å². The Bertz CT molecular complexity index is 779. The molecule has 1 aromatic heterocycles. The van der Waals surface area contributed by atoms with Gasteiger partial charge in [0, 0.05) is 36.1 Å². The Morgan fingerprint density at radius 3 is 2.88 bits per heavy atom. The summed E-state index contributed by atoms with van der Waals surface area (Å²) in [6.45, 7) is 7.03. The van der Waals surface area contributed by atoms with Crippen molar-refractivity contribution < 1.29 is 13.9 Å². The van der Waals surface area contributed by atoms with Gasteiger partial charge in [-0.1, -0.05) is 11.6 Å². The van der Waals surface area contributed by atoms with Crippen LogP contribution in [0.2, 0.25) is 0 Å². The predicted octanol–water partition coefficient (Wildman–Crippen LogP) is 3.23. The molecule has 0 aliphatic carbocycles. The Labute approximate surface area is 142 Å². The van der Waals surface area contributed by atoms with Crippen molar-refractivity contribution >= 4 is 16.9 Å². The summed E-state index contributed by atoms with van der Waals surface area (Å²) in [7, 11) is 2.10. The molecule has 1 aromatic carbocycles. The van der Waals surface area contributed by atoms with Crippen LogP contribution < -0.4 is 0 Å². The molecule has 2 aromatic rings. The van der Waals surface area contributed by atoms with Crippen LogP contribution in [-0.2, 0) is 29.0 Å². The Balaban J connectivity index is 2.09. The summed E-state index contributed by atoms with van der Waals surface area (Å²) in [5, 5.41) is 1.16. The number of benzene rings is 1. The van der Waals surface area contributed by atoms with Crippen LogP contribution in [0.5, 0.6) is 0 Å². The van der Waals surface area contributed by atoms with Crippen molar-refractivity contribution in [2.24, 2.45) is 0 Å². The molecule has 0 spiro atoms. The molecule has 0 fully saturated rings. The smallest absolute Gasteiger partial charge is 0.345 e. The van der Waals surface area contributed by atoms with Crippen LogP contribution in [-0.4, -0.2) is 41.3 Å². The van der Waals surface area contributed by atoms with Gasteiger partial charge in [0.05, 0.1) is 13.2 Å². The third-order valence-corrected chi connectivity index (χ3v) is 4.76. The molecule has 1 unspecified atom stereocenters. The number of rotatable bonds is 4. The number of carbonyl (C=O) groups is 1. The molecule has 0 N–H and O–H groups in total. The first kappa shape index (κ1) is 17.0. The Morgan fingerprint density at radius 2 is 2.17 bits per heavy atom. The van der Waals surface area contributed by atoms with E-state index in [9.17, 15) is 9.18 Å². The van der Waals surface area contributed by atoms with Crippen LogP contribution in [0.1, 0.15) is 30.7 Å². The van der Waals surface area contributed by atoms with Crippen molar-refractivity contribution in [3.8, 4) is 0 Å². The maximum absolute atomic E-state index is 15.0. The number of likely N-dealkylation sites (N-methyl/N-ethyl adjacent to an activating group) is 1. The van der Waals surface area contributed by atoms with E-state index < -0.39 is 11.6 Å². The van der Waals surface area contributed by atoms with Crippen molar-refractivity contribution in [2.45, 2.75) is 46.0 Å².